The lowest BCUT2D eigenvalue weighted by molar-refractivity contribution is -0.148. The van der Waals surface area contributed by atoms with Gasteiger partial charge in [0.25, 0.3) is 0 Å². The van der Waals surface area contributed by atoms with Crippen LogP contribution in [0.5, 0.6) is 17.2 Å². The number of rotatable bonds is 27. The van der Waals surface area contributed by atoms with E-state index in [1.165, 1.54) is 12.2 Å². The van der Waals surface area contributed by atoms with Gasteiger partial charge in [-0.05, 0) is 131 Å². The highest BCUT2D eigenvalue weighted by Crippen LogP contribution is 2.45. The number of nitrogens with zero attached hydrogens (tertiary/aromatic N) is 2. The number of ether oxygens (including phenoxy) is 8. The molecule has 0 N–H and O–H groups in total. The second-order valence-corrected chi connectivity index (χ2v) is 18.8. The maximum Gasteiger partial charge on any atom is 0.338 e. The molecule has 3 aliphatic rings. The maximum atomic E-state index is 12.7. The van der Waals surface area contributed by atoms with Crippen molar-refractivity contribution in [3.05, 3.63) is 176 Å². The van der Waals surface area contributed by atoms with E-state index in [-0.39, 0.29) is 43.2 Å². The van der Waals surface area contributed by atoms with Crippen molar-refractivity contribution in [1.82, 2.24) is 0 Å². The third-order valence-electron chi connectivity index (χ3n) is 11.9. The highest BCUT2D eigenvalue weighted by molar-refractivity contribution is 5.96. The zero-order chi connectivity index (χ0) is 56.5. The molecule has 15 heteroatoms. The van der Waals surface area contributed by atoms with Crippen LogP contribution in [-0.4, -0.2) is 114 Å². The molecule has 0 radical (unpaired) electrons. The summed E-state index contributed by atoms with van der Waals surface area (Å²) in [7, 11) is 5.00. The van der Waals surface area contributed by atoms with Crippen LogP contribution in [0.1, 0.15) is 78.8 Å². The highest BCUT2D eigenvalue weighted by atomic mass is 16.6. The molecule has 5 atom stereocenters. The van der Waals surface area contributed by atoms with Gasteiger partial charge in [-0.15, -0.1) is 0 Å². The molecule has 15 nitrogen and oxygen atoms in total. The molecule has 0 spiro atoms. The molecule has 1 saturated carbocycles. The van der Waals surface area contributed by atoms with Crippen LogP contribution in [0.15, 0.2) is 164 Å². The number of unbranched alkanes of at least 4 members (excludes halogenated alkanes) is 1. The Bertz CT molecular complexity index is 2480. The van der Waals surface area contributed by atoms with E-state index < -0.39 is 17.7 Å². The molecule has 0 heterocycles. The second-order valence-electron chi connectivity index (χ2n) is 18.8. The van der Waals surface area contributed by atoms with Crippen molar-refractivity contribution >= 4 is 42.7 Å². The minimum absolute atomic E-state index is 0.151. The Kier molecular flexibility index (Phi) is 28.9. The molecular formula is C62H76N2O13. The van der Waals surface area contributed by atoms with Crippen LogP contribution < -0.4 is 14.2 Å². The minimum Gasteiger partial charge on any atom is -0.496 e. The van der Waals surface area contributed by atoms with Crippen LogP contribution in [0.2, 0.25) is 0 Å². The van der Waals surface area contributed by atoms with Gasteiger partial charge in [0.2, 0.25) is 0 Å². The van der Waals surface area contributed by atoms with Gasteiger partial charge in [0.15, 0.2) is 6.10 Å². The number of carbonyl (C=O) groups is 5. The first-order valence-electron chi connectivity index (χ1n) is 25.3. The van der Waals surface area contributed by atoms with Crippen molar-refractivity contribution < 1.29 is 61.9 Å². The molecule has 1 fully saturated rings. The van der Waals surface area contributed by atoms with Crippen LogP contribution in [0.3, 0.4) is 0 Å². The first-order valence-corrected chi connectivity index (χ1v) is 25.3. The van der Waals surface area contributed by atoms with Crippen LogP contribution in [-0.2, 0) is 44.5 Å². The fourth-order valence-electron chi connectivity index (χ4n) is 8.41. The van der Waals surface area contributed by atoms with Crippen LogP contribution >= 0.6 is 0 Å². The number of allylic oxidation sites excluding steroid dienone is 10. The Labute approximate surface area is 454 Å². The third kappa shape index (κ3) is 23.0. The summed E-state index contributed by atoms with van der Waals surface area (Å²) in [6.45, 7) is 19.6. The van der Waals surface area contributed by atoms with E-state index in [0.717, 1.165) is 42.0 Å². The molecule has 3 aromatic rings. The predicted octanol–water partition coefficient (Wildman–Crippen LogP) is 10.7. The van der Waals surface area contributed by atoms with Gasteiger partial charge in [-0.3, -0.25) is 14.4 Å². The standard InChI is InChI=1S/C38H44N2O5.C18H24O6.2C3H4O/c1-37(2,43-6)25-38(3,4)45-29-18-16-27(17-19-29)36(41)44-22-21-26-15-20-34(42-5)28(23-26)24-39-40-35-32-13-9-7-11-30(32)31-12-8-10-14-33(31)35;1-3-18(20)24-17(13-22-11-5-4-10-21-2)14-23-16-8-6-15(12-19)7-9-16;2*1-2-3-4/h7-20,23-24,30-33H,21-22,25H2,1-6H3;3,6-9,12,17H,1,4-5,10-11,13-14H2,2H3;2*2-3H,1H2/b39-24+,40-35?;;;. The summed E-state index contributed by atoms with van der Waals surface area (Å²) in [6, 6.07) is 19.6. The van der Waals surface area contributed by atoms with Crippen LogP contribution in [0, 0.1) is 23.7 Å². The van der Waals surface area contributed by atoms with Crippen LogP contribution in [0.4, 0.5) is 0 Å². The first kappa shape index (κ1) is 63.7. The number of fused-ring (bicyclic) bond motifs is 3. The molecule has 5 unspecified atom stereocenters. The lowest BCUT2D eigenvalue weighted by Crippen LogP contribution is -2.38. The molecular weight excluding hydrogens is 981 g/mol. The Hall–Kier alpha value is -7.59. The number of carbonyl (C=O) groups excluding carboxylic acids is 5. The molecule has 0 bridgehead atoms. The summed E-state index contributed by atoms with van der Waals surface area (Å²) >= 11 is 0. The van der Waals surface area contributed by atoms with Gasteiger partial charge in [-0.2, -0.15) is 10.2 Å². The molecule has 0 aromatic heterocycles. The Morgan fingerprint density at radius 3 is 1.87 bits per heavy atom. The molecule has 412 valence electrons. The van der Waals surface area contributed by atoms with E-state index in [1.54, 1.807) is 76.1 Å². The van der Waals surface area contributed by atoms with Gasteiger partial charge >= 0.3 is 11.9 Å². The lowest BCUT2D eigenvalue weighted by Gasteiger charge is -2.34. The number of hydrogen-bond acceptors (Lipinski definition) is 15. The summed E-state index contributed by atoms with van der Waals surface area (Å²) in [5, 5.41) is 9.25. The molecule has 6 rings (SSSR count). The summed E-state index contributed by atoms with van der Waals surface area (Å²) in [5.74, 6) is 2.40. The highest BCUT2D eigenvalue weighted by Gasteiger charge is 2.45. The van der Waals surface area contributed by atoms with Crippen molar-refractivity contribution in [3.8, 4) is 17.2 Å². The SMILES string of the molecule is C=CC(=O)OC(COCCCCOC)COc1ccc(C=O)cc1.C=CC=O.C=CC=O.COc1ccc(CCOC(=O)c2ccc(OC(C)(C)CC(C)(C)OC)cc2)cc1/C=N/N=C1C2C=CC=CC2C2C=CC=CC12. The fraction of sp³-hybridized carbons (Fsp3) is 0.371. The molecule has 77 heavy (non-hydrogen) atoms. The van der Waals surface area contributed by atoms with Gasteiger partial charge in [0.1, 0.15) is 48.3 Å². The fourth-order valence-corrected chi connectivity index (χ4v) is 8.41. The second kappa shape index (κ2) is 34.9. The van der Waals surface area contributed by atoms with Crippen molar-refractivity contribution in [2.75, 3.05) is 54.4 Å². The number of benzene rings is 3. The minimum atomic E-state index is -0.538. The van der Waals surface area contributed by atoms with Gasteiger partial charge in [-0.25, -0.2) is 9.59 Å². The van der Waals surface area contributed by atoms with E-state index in [9.17, 15) is 14.4 Å². The largest absolute Gasteiger partial charge is 0.496 e. The average Bonchev–Trinajstić information content (AvgIpc) is 3.76. The normalized spacial score (nSPS) is 16.9. The number of aldehydes is 3. The predicted molar refractivity (Wildman–Crippen MR) is 301 cm³/mol. The lowest BCUT2D eigenvalue weighted by atomic mass is 9.83. The Morgan fingerprint density at radius 1 is 0.714 bits per heavy atom. The summed E-state index contributed by atoms with van der Waals surface area (Å²) in [6.07, 6.45) is 27.3. The zero-order valence-electron chi connectivity index (χ0n) is 45.6. The first-order chi connectivity index (χ1) is 37.1. The molecule has 0 amide bonds. The molecule has 3 aromatic carbocycles. The number of methoxy groups -OCH3 is 3. The quantitative estimate of drug-likeness (QED) is 0.0176. The van der Waals surface area contributed by atoms with Crippen LogP contribution in [0.25, 0.3) is 0 Å². The summed E-state index contributed by atoms with van der Waals surface area (Å²) < 4.78 is 44.2. The van der Waals surface area contributed by atoms with E-state index >= 15 is 0 Å². The Morgan fingerprint density at radius 2 is 1.31 bits per heavy atom. The summed E-state index contributed by atoms with van der Waals surface area (Å²) in [5.41, 5.74) is 3.21. The summed E-state index contributed by atoms with van der Waals surface area (Å²) in [4.78, 5) is 52.9. The zero-order valence-corrected chi connectivity index (χ0v) is 45.6. The van der Waals surface area contributed by atoms with E-state index in [0.29, 0.717) is 78.8 Å². The molecule has 0 aliphatic heterocycles. The van der Waals surface area contributed by atoms with Gasteiger partial charge < -0.3 is 37.9 Å². The topological polar surface area (TPSA) is 184 Å². The van der Waals surface area contributed by atoms with Crippen molar-refractivity contribution in [2.45, 2.75) is 70.7 Å². The smallest absolute Gasteiger partial charge is 0.338 e. The van der Waals surface area contributed by atoms with Crippen molar-refractivity contribution in [1.29, 1.82) is 0 Å². The maximum absolute atomic E-state index is 12.7. The molecule has 0 saturated heterocycles. The third-order valence-corrected chi connectivity index (χ3v) is 11.9. The number of hydrogen-bond donors (Lipinski definition) is 0. The van der Waals surface area contributed by atoms with E-state index in [1.807, 2.05) is 45.9 Å². The van der Waals surface area contributed by atoms with Crippen molar-refractivity contribution in [3.63, 3.8) is 0 Å². The van der Waals surface area contributed by atoms with Gasteiger partial charge in [0.05, 0.1) is 43.4 Å². The number of esters is 2. The van der Waals surface area contributed by atoms with E-state index in [2.05, 4.69) is 73.4 Å². The van der Waals surface area contributed by atoms with Gasteiger partial charge in [0, 0.05) is 69.3 Å². The Balaban J connectivity index is 0.000000408. The van der Waals surface area contributed by atoms with E-state index in [4.69, 9.17) is 52.6 Å². The average molecular weight is 1060 g/mol. The van der Waals surface area contributed by atoms with Gasteiger partial charge in [-0.1, -0.05) is 74.4 Å². The monoisotopic (exact) mass is 1060 g/mol. The molecule has 3 aliphatic carbocycles. The van der Waals surface area contributed by atoms with Crippen molar-refractivity contribution in [2.24, 2.45) is 33.9 Å².